The molecule has 1 amide bonds. The highest BCUT2D eigenvalue weighted by Crippen LogP contribution is 2.42. The zero-order chi connectivity index (χ0) is 16.5. The first-order valence-corrected chi connectivity index (χ1v) is 9.03. The Bertz CT molecular complexity index is 726. The fraction of sp³-hybridized carbons (Fsp3) is 0.389. The third kappa shape index (κ3) is 2.60. The van der Waals surface area contributed by atoms with Gasteiger partial charge in [0.25, 0.3) is 5.91 Å². The Morgan fingerprint density at radius 1 is 1.33 bits per heavy atom. The zero-order valence-electron chi connectivity index (χ0n) is 13.5. The summed E-state index contributed by atoms with van der Waals surface area (Å²) in [5, 5.41) is 4.18. The lowest BCUT2D eigenvalue weighted by Crippen LogP contribution is -2.30. The van der Waals surface area contributed by atoms with Crippen molar-refractivity contribution in [2.45, 2.75) is 18.9 Å². The second kappa shape index (κ2) is 6.36. The van der Waals surface area contributed by atoms with Gasteiger partial charge in [0, 0.05) is 12.1 Å². The Morgan fingerprint density at radius 2 is 2.21 bits per heavy atom. The minimum absolute atomic E-state index is 0.0129. The van der Waals surface area contributed by atoms with Gasteiger partial charge in [0.05, 0.1) is 13.2 Å². The van der Waals surface area contributed by atoms with Crippen LogP contribution in [0.5, 0.6) is 17.2 Å². The first-order valence-electron chi connectivity index (χ1n) is 8.08. The quantitative estimate of drug-likeness (QED) is 0.854. The number of likely N-dealkylation sites (tertiary alicyclic amines) is 1. The van der Waals surface area contributed by atoms with Crippen molar-refractivity contribution >= 4 is 17.2 Å². The summed E-state index contributed by atoms with van der Waals surface area (Å²) in [6, 6.07) is 5.77. The summed E-state index contributed by atoms with van der Waals surface area (Å²) in [7, 11) is 1.58. The van der Waals surface area contributed by atoms with E-state index in [1.54, 1.807) is 30.6 Å². The average Bonchev–Trinajstić information content (AvgIpc) is 3.30. The van der Waals surface area contributed by atoms with E-state index < -0.39 is 0 Å². The molecule has 0 radical (unpaired) electrons. The molecule has 2 aliphatic heterocycles. The van der Waals surface area contributed by atoms with Crippen molar-refractivity contribution in [3.63, 3.8) is 0 Å². The van der Waals surface area contributed by atoms with Crippen LogP contribution in [0.3, 0.4) is 0 Å². The molecule has 3 heterocycles. The number of nitrogens with zero attached hydrogens (tertiary/aromatic N) is 1. The molecule has 1 aromatic heterocycles. The Labute approximate surface area is 144 Å². The Morgan fingerprint density at radius 3 is 3.00 bits per heavy atom. The number of fused-ring (bicyclic) bond motifs is 1. The molecule has 1 fully saturated rings. The number of amides is 1. The number of carbonyl (C=O) groups is 1. The summed E-state index contributed by atoms with van der Waals surface area (Å²) in [5.41, 5.74) is 1.80. The van der Waals surface area contributed by atoms with Gasteiger partial charge in [0.15, 0.2) is 11.5 Å². The minimum Gasteiger partial charge on any atom is -0.493 e. The lowest BCUT2D eigenvalue weighted by Gasteiger charge is -2.26. The Hall–Kier alpha value is -2.21. The van der Waals surface area contributed by atoms with E-state index >= 15 is 0 Å². The molecule has 126 valence electrons. The van der Waals surface area contributed by atoms with E-state index in [9.17, 15) is 4.79 Å². The summed E-state index contributed by atoms with van der Waals surface area (Å²) in [4.78, 5) is 15.0. The van der Waals surface area contributed by atoms with Gasteiger partial charge in [-0.25, -0.2) is 0 Å². The molecular formula is C18H19NO4S. The van der Waals surface area contributed by atoms with Crippen molar-refractivity contribution in [3.8, 4) is 17.2 Å². The Balaban J connectivity index is 1.67. The van der Waals surface area contributed by atoms with Crippen LogP contribution in [0, 0.1) is 0 Å². The first kappa shape index (κ1) is 15.3. The number of benzene rings is 1. The SMILES string of the molecule is COc1cc(C(=O)N2CCCC2c2ccsc2)cc2c1OCCO2. The van der Waals surface area contributed by atoms with Crippen LogP contribution in [-0.4, -0.2) is 37.7 Å². The van der Waals surface area contributed by atoms with Gasteiger partial charge >= 0.3 is 0 Å². The average molecular weight is 345 g/mol. The summed E-state index contributed by atoms with van der Waals surface area (Å²) in [6.07, 6.45) is 2.03. The molecule has 2 aromatic rings. The predicted molar refractivity (Wildman–Crippen MR) is 91.3 cm³/mol. The van der Waals surface area contributed by atoms with Gasteiger partial charge in [-0.3, -0.25) is 4.79 Å². The number of thiophene rings is 1. The smallest absolute Gasteiger partial charge is 0.254 e. The molecule has 4 rings (SSSR count). The van der Waals surface area contributed by atoms with E-state index in [0.29, 0.717) is 36.0 Å². The topological polar surface area (TPSA) is 48.0 Å². The van der Waals surface area contributed by atoms with Crippen molar-refractivity contribution in [2.75, 3.05) is 26.9 Å². The molecule has 0 spiro atoms. The summed E-state index contributed by atoms with van der Waals surface area (Å²) in [5.74, 6) is 1.71. The fourth-order valence-corrected chi connectivity index (χ4v) is 4.09. The standard InChI is InChI=1S/C18H19NO4S/c1-21-15-9-13(10-16-17(15)23-7-6-22-16)18(20)19-5-2-3-14(19)12-4-8-24-11-12/h4,8-11,14H,2-3,5-7H2,1H3. The highest BCUT2D eigenvalue weighted by atomic mass is 32.1. The molecule has 1 atom stereocenters. The van der Waals surface area contributed by atoms with Gasteiger partial charge in [-0.2, -0.15) is 11.3 Å². The third-order valence-electron chi connectivity index (χ3n) is 4.52. The van der Waals surface area contributed by atoms with Crippen molar-refractivity contribution in [1.29, 1.82) is 0 Å². The second-order valence-electron chi connectivity index (χ2n) is 5.92. The summed E-state index contributed by atoms with van der Waals surface area (Å²) in [6.45, 7) is 1.74. The lowest BCUT2D eigenvalue weighted by atomic mass is 10.1. The van der Waals surface area contributed by atoms with Gasteiger partial charge in [-0.05, 0) is 47.4 Å². The highest BCUT2D eigenvalue weighted by Gasteiger charge is 2.32. The molecule has 0 aliphatic carbocycles. The molecule has 5 nitrogen and oxygen atoms in total. The van der Waals surface area contributed by atoms with Gasteiger partial charge in [0.2, 0.25) is 5.75 Å². The normalized spacial score (nSPS) is 19.4. The maximum Gasteiger partial charge on any atom is 0.254 e. The van der Waals surface area contributed by atoms with E-state index in [-0.39, 0.29) is 11.9 Å². The number of ether oxygens (including phenoxy) is 3. The van der Waals surface area contributed by atoms with Crippen molar-refractivity contribution in [3.05, 3.63) is 40.1 Å². The molecule has 1 saturated heterocycles. The molecule has 24 heavy (non-hydrogen) atoms. The summed E-state index contributed by atoms with van der Waals surface area (Å²) < 4.78 is 16.6. The van der Waals surface area contributed by atoms with E-state index in [2.05, 4.69) is 16.8 Å². The number of methoxy groups -OCH3 is 1. The van der Waals surface area contributed by atoms with E-state index in [0.717, 1.165) is 19.4 Å². The number of carbonyl (C=O) groups excluding carboxylic acids is 1. The van der Waals surface area contributed by atoms with Gasteiger partial charge in [0.1, 0.15) is 13.2 Å². The van der Waals surface area contributed by atoms with Gasteiger partial charge in [-0.15, -0.1) is 0 Å². The minimum atomic E-state index is 0.0129. The Kier molecular flexibility index (Phi) is 4.06. The van der Waals surface area contributed by atoms with Crippen molar-refractivity contribution in [1.82, 2.24) is 4.90 Å². The van der Waals surface area contributed by atoms with Crippen LogP contribution in [0.4, 0.5) is 0 Å². The molecule has 6 heteroatoms. The molecule has 1 aromatic carbocycles. The fourth-order valence-electron chi connectivity index (χ4n) is 3.38. The molecule has 0 saturated carbocycles. The third-order valence-corrected chi connectivity index (χ3v) is 5.22. The van der Waals surface area contributed by atoms with E-state index in [1.807, 2.05) is 4.90 Å². The van der Waals surface area contributed by atoms with Crippen LogP contribution in [0.2, 0.25) is 0 Å². The lowest BCUT2D eigenvalue weighted by molar-refractivity contribution is 0.0734. The number of rotatable bonds is 3. The van der Waals surface area contributed by atoms with Crippen LogP contribution in [0.15, 0.2) is 29.0 Å². The monoisotopic (exact) mass is 345 g/mol. The van der Waals surface area contributed by atoms with Gasteiger partial charge in [-0.1, -0.05) is 0 Å². The molecule has 2 aliphatic rings. The van der Waals surface area contributed by atoms with Crippen LogP contribution in [0.25, 0.3) is 0 Å². The highest BCUT2D eigenvalue weighted by molar-refractivity contribution is 7.08. The van der Waals surface area contributed by atoms with Crippen LogP contribution < -0.4 is 14.2 Å². The summed E-state index contributed by atoms with van der Waals surface area (Å²) >= 11 is 1.67. The second-order valence-corrected chi connectivity index (χ2v) is 6.70. The van der Waals surface area contributed by atoms with Crippen molar-refractivity contribution < 1.29 is 19.0 Å². The largest absolute Gasteiger partial charge is 0.493 e. The van der Waals surface area contributed by atoms with Crippen LogP contribution >= 0.6 is 11.3 Å². The maximum atomic E-state index is 13.1. The maximum absolute atomic E-state index is 13.1. The van der Waals surface area contributed by atoms with Crippen LogP contribution in [0.1, 0.15) is 34.8 Å². The molecule has 0 bridgehead atoms. The molecular weight excluding hydrogens is 326 g/mol. The van der Waals surface area contributed by atoms with Crippen molar-refractivity contribution in [2.24, 2.45) is 0 Å². The zero-order valence-corrected chi connectivity index (χ0v) is 14.3. The molecule has 1 unspecified atom stereocenters. The molecule has 0 N–H and O–H groups in total. The van der Waals surface area contributed by atoms with Crippen LogP contribution in [-0.2, 0) is 0 Å². The number of hydrogen-bond donors (Lipinski definition) is 0. The van der Waals surface area contributed by atoms with Gasteiger partial charge < -0.3 is 19.1 Å². The number of hydrogen-bond acceptors (Lipinski definition) is 5. The van der Waals surface area contributed by atoms with E-state index in [4.69, 9.17) is 14.2 Å². The first-order chi connectivity index (χ1) is 11.8. The predicted octanol–water partition coefficient (Wildman–Crippen LogP) is 3.51. The van der Waals surface area contributed by atoms with E-state index in [1.165, 1.54) is 5.56 Å².